The van der Waals surface area contributed by atoms with Gasteiger partial charge in [0.25, 0.3) is 0 Å². The first-order valence-corrected chi connectivity index (χ1v) is 5.57. The van der Waals surface area contributed by atoms with Crippen LogP contribution < -0.4 is 0 Å². The lowest BCUT2D eigenvalue weighted by Gasteiger charge is -2.04. The van der Waals surface area contributed by atoms with E-state index in [4.69, 9.17) is 4.74 Å². The Bertz CT molecular complexity index is 520. The monoisotopic (exact) mass is 312 g/mol. The van der Waals surface area contributed by atoms with Crippen molar-refractivity contribution >= 4 is 39.3 Å². The van der Waals surface area contributed by atoms with Crippen molar-refractivity contribution in [3.8, 4) is 0 Å². The number of esters is 1. The molecule has 0 unspecified atom stereocenters. The molecule has 0 radical (unpaired) electrons. The molecule has 0 aliphatic carbocycles. The minimum atomic E-state index is -0.293. The molecule has 0 bridgehead atoms. The number of fused-ring (bicyclic) bond motifs is 1. The maximum absolute atomic E-state index is 11.4. The van der Waals surface area contributed by atoms with Crippen molar-refractivity contribution in [1.29, 1.82) is 0 Å². The van der Waals surface area contributed by atoms with Gasteiger partial charge in [-0.25, -0.2) is 4.79 Å². The normalized spacial score (nSPS) is 10.3. The zero-order chi connectivity index (χ0) is 10.8. The van der Waals surface area contributed by atoms with E-state index in [0.29, 0.717) is 5.56 Å². The second kappa shape index (κ2) is 4.18. The van der Waals surface area contributed by atoms with Gasteiger partial charge >= 0.3 is 5.97 Å². The molecule has 0 amide bonds. The molecule has 2 aromatic carbocycles. The summed E-state index contributed by atoms with van der Waals surface area (Å²) >= 11 is 2.23. The topological polar surface area (TPSA) is 26.3 Å². The van der Waals surface area contributed by atoms with Gasteiger partial charge in [0.05, 0.1) is 12.7 Å². The van der Waals surface area contributed by atoms with Gasteiger partial charge < -0.3 is 4.74 Å². The molecule has 3 heteroatoms. The molecule has 0 aliphatic heterocycles. The van der Waals surface area contributed by atoms with Gasteiger partial charge in [-0.1, -0.05) is 24.3 Å². The summed E-state index contributed by atoms with van der Waals surface area (Å²) in [4.78, 5) is 11.4. The molecule has 0 N–H and O–H groups in total. The van der Waals surface area contributed by atoms with E-state index >= 15 is 0 Å². The van der Waals surface area contributed by atoms with Gasteiger partial charge in [0.2, 0.25) is 0 Å². The third kappa shape index (κ3) is 1.97. The lowest BCUT2D eigenvalue weighted by molar-refractivity contribution is 0.0601. The molecule has 0 atom stereocenters. The van der Waals surface area contributed by atoms with E-state index in [2.05, 4.69) is 22.6 Å². The van der Waals surface area contributed by atoms with E-state index in [1.165, 1.54) is 7.11 Å². The molecule has 0 heterocycles. The zero-order valence-electron chi connectivity index (χ0n) is 8.16. The number of hydrogen-bond donors (Lipinski definition) is 0. The van der Waals surface area contributed by atoms with Crippen molar-refractivity contribution in [3.63, 3.8) is 0 Å². The first-order valence-electron chi connectivity index (χ1n) is 4.49. The lowest BCUT2D eigenvalue weighted by atomic mass is 10.1. The van der Waals surface area contributed by atoms with Crippen molar-refractivity contribution in [2.75, 3.05) is 7.11 Å². The van der Waals surface area contributed by atoms with Crippen LogP contribution in [0.5, 0.6) is 0 Å². The van der Waals surface area contributed by atoms with E-state index < -0.39 is 0 Å². The van der Waals surface area contributed by atoms with Crippen LogP contribution in [-0.4, -0.2) is 13.1 Å². The Balaban J connectivity index is 2.67. The second-order valence-electron chi connectivity index (χ2n) is 3.17. The summed E-state index contributed by atoms with van der Waals surface area (Å²) < 4.78 is 5.76. The predicted octanol–water partition coefficient (Wildman–Crippen LogP) is 3.23. The molecule has 0 spiro atoms. The van der Waals surface area contributed by atoms with Gasteiger partial charge in [0.15, 0.2) is 0 Å². The lowest BCUT2D eigenvalue weighted by Crippen LogP contribution is -2.01. The Hall–Kier alpha value is -1.10. The number of halogens is 1. The molecule has 2 rings (SSSR count). The summed E-state index contributed by atoms with van der Waals surface area (Å²) in [6.07, 6.45) is 0. The first kappa shape index (κ1) is 10.4. The maximum Gasteiger partial charge on any atom is 0.337 e. The Kier molecular flexibility index (Phi) is 2.90. The van der Waals surface area contributed by atoms with Crippen molar-refractivity contribution < 1.29 is 9.53 Å². The largest absolute Gasteiger partial charge is 0.465 e. The van der Waals surface area contributed by atoms with Crippen molar-refractivity contribution in [2.45, 2.75) is 0 Å². The third-order valence-electron chi connectivity index (χ3n) is 2.23. The Morgan fingerprint density at radius 3 is 2.73 bits per heavy atom. The molecule has 0 aromatic heterocycles. The van der Waals surface area contributed by atoms with E-state index in [0.717, 1.165) is 14.3 Å². The number of methoxy groups -OCH3 is 1. The Labute approximate surface area is 101 Å². The van der Waals surface area contributed by atoms with E-state index in [1.54, 1.807) is 0 Å². The third-order valence-corrected chi connectivity index (χ3v) is 3.12. The molecular weight excluding hydrogens is 303 g/mol. The summed E-state index contributed by atoms with van der Waals surface area (Å²) in [7, 11) is 1.39. The van der Waals surface area contributed by atoms with Crippen LogP contribution in [0.3, 0.4) is 0 Å². The highest BCUT2D eigenvalue weighted by molar-refractivity contribution is 14.1. The SMILES string of the molecule is COC(=O)c1cc(I)c2ccccc2c1. The summed E-state index contributed by atoms with van der Waals surface area (Å²) in [5.41, 5.74) is 0.598. The van der Waals surface area contributed by atoms with Crippen LogP contribution in [0.25, 0.3) is 10.8 Å². The maximum atomic E-state index is 11.4. The molecule has 2 aromatic rings. The van der Waals surface area contributed by atoms with Crippen LogP contribution in [-0.2, 0) is 4.74 Å². The number of carbonyl (C=O) groups excluding carboxylic acids is 1. The van der Waals surface area contributed by atoms with Crippen molar-refractivity contribution in [2.24, 2.45) is 0 Å². The Morgan fingerprint density at radius 1 is 1.27 bits per heavy atom. The molecule has 15 heavy (non-hydrogen) atoms. The average Bonchev–Trinajstić information content (AvgIpc) is 2.28. The second-order valence-corrected chi connectivity index (χ2v) is 4.33. The highest BCUT2D eigenvalue weighted by Gasteiger charge is 2.08. The van der Waals surface area contributed by atoms with Gasteiger partial charge in [0.1, 0.15) is 0 Å². The number of carbonyl (C=O) groups is 1. The average molecular weight is 312 g/mol. The number of benzene rings is 2. The molecule has 76 valence electrons. The molecule has 2 nitrogen and oxygen atoms in total. The summed E-state index contributed by atoms with van der Waals surface area (Å²) in [5.74, 6) is -0.293. The van der Waals surface area contributed by atoms with Gasteiger partial charge in [0, 0.05) is 3.57 Å². The number of hydrogen-bond acceptors (Lipinski definition) is 2. The minimum absolute atomic E-state index is 0.293. The van der Waals surface area contributed by atoms with Gasteiger partial charge in [-0.05, 0) is 45.5 Å². The summed E-state index contributed by atoms with van der Waals surface area (Å²) in [5, 5.41) is 2.22. The quantitative estimate of drug-likeness (QED) is 0.597. The summed E-state index contributed by atoms with van der Waals surface area (Å²) in [6.45, 7) is 0. The smallest absolute Gasteiger partial charge is 0.337 e. The van der Waals surface area contributed by atoms with Crippen LogP contribution in [0, 0.1) is 3.57 Å². The van der Waals surface area contributed by atoms with E-state index in [9.17, 15) is 4.79 Å². The first-order chi connectivity index (χ1) is 7.22. The Morgan fingerprint density at radius 2 is 2.00 bits per heavy atom. The highest BCUT2D eigenvalue weighted by Crippen LogP contribution is 2.22. The van der Waals surface area contributed by atoms with Gasteiger partial charge in [-0.2, -0.15) is 0 Å². The van der Waals surface area contributed by atoms with Crippen LogP contribution in [0.1, 0.15) is 10.4 Å². The van der Waals surface area contributed by atoms with Crippen LogP contribution in [0.15, 0.2) is 36.4 Å². The standard InChI is InChI=1S/C12H9IO2/c1-15-12(14)9-6-8-4-2-3-5-10(8)11(13)7-9/h2-7H,1H3. The van der Waals surface area contributed by atoms with Crippen molar-refractivity contribution in [3.05, 3.63) is 45.5 Å². The fraction of sp³-hybridized carbons (Fsp3) is 0.0833. The fourth-order valence-electron chi connectivity index (χ4n) is 1.50. The molecular formula is C12H9IO2. The van der Waals surface area contributed by atoms with Crippen molar-refractivity contribution in [1.82, 2.24) is 0 Å². The minimum Gasteiger partial charge on any atom is -0.465 e. The fourth-order valence-corrected chi connectivity index (χ4v) is 2.33. The van der Waals surface area contributed by atoms with Crippen LogP contribution in [0.2, 0.25) is 0 Å². The van der Waals surface area contributed by atoms with E-state index in [1.807, 2.05) is 36.4 Å². The molecule has 0 fully saturated rings. The number of rotatable bonds is 1. The number of ether oxygens (including phenoxy) is 1. The summed E-state index contributed by atoms with van der Waals surface area (Å²) in [6, 6.07) is 11.7. The van der Waals surface area contributed by atoms with E-state index in [-0.39, 0.29) is 5.97 Å². The zero-order valence-corrected chi connectivity index (χ0v) is 10.3. The van der Waals surface area contributed by atoms with Crippen LogP contribution in [0.4, 0.5) is 0 Å². The van der Waals surface area contributed by atoms with Gasteiger partial charge in [-0.15, -0.1) is 0 Å². The molecule has 0 saturated carbocycles. The molecule has 0 aliphatic rings. The molecule has 0 saturated heterocycles. The predicted molar refractivity (Wildman–Crippen MR) is 68.0 cm³/mol. The van der Waals surface area contributed by atoms with Gasteiger partial charge in [-0.3, -0.25) is 0 Å². The van der Waals surface area contributed by atoms with Crippen LogP contribution >= 0.6 is 22.6 Å². The highest BCUT2D eigenvalue weighted by atomic mass is 127.